The van der Waals surface area contributed by atoms with E-state index in [1.165, 1.54) is 11.8 Å². The number of nitrogens with zero attached hydrogens (tertiary/aromatic N) is 2. The molecule has 0 aliphatic heterocycles. The molecule has 24 heavy (non-hydrogen) atoms. The zero-order chi connectivity index (χ0) is 16.9. The topological polar surface area (TPSA) is 64.1 Å². The summed E-state index contributed by atoms with van der Waals surface area (Å²) >= 11 is 1.39. The summed E-state index contributed by atoms with van der Waals surface area (Å²) in [5, 5.41) is 13.5. The molecule has 0 aliphatic rings. The van der Waals surface area contributed by atoms with Crippen molar-refractivity contribution in [3.8, 4) is 5.75 Å². The standard InChI is InChI=1S/C18H17N3O2S/c1-12(17(22)20-15-9-5-6-10-16(15)23-2)24-18-14-8-4-3-7-13(14)11-19-21-18/h3-12H,1-2H3,(H,20,22)/t12-/m0/s1. The highest BCUT2D eigenvalue weighted by Gasteiger charge is 2.18. The van der Waals surface area contributed by atoms with E-state index in [9.17, 15) is 4.79 Å². The first-order valence-corrected chi connectivity index (χ1v) is 8.38. The van der Waals surface area contributed by atoms with Gasteiger partial charge in [0, 0.05) is 10.8 Å². The van der Waals surface area contributed by atoms with E-state index in [1.807, 2.05) is 55.5 Å². The van der Waals surface area contributed by atoms with Crippen LogP contribution in [0.4, 0.5) is 5.69 Å². The van der Waals surface area contributed by atoms with E-state index in [4.69, 9.17) is 4.74 Å². The second-order valence-corrected chi connectivity index (χ2v) is 6.52. The van der Waals surface area contributed by atoms with Gasteiger partial charge in [-0.3, -0.25) is 4.79 Å². The molecule has 1 aromatic heterocycles. The summed E-state index contributed by atoms with van der Waals surface area (Å²) < 4.78 is 5.26. The molecule has 0 unspecified atom stereocenters. The number of anilines is 1. The van der Waals surface area contributed by atoms with Gasteiger partial charge in [0.05, 0.1) is 24.2 Å². The maximum atomic E-state index is 12.5. The highest BCUT2D eigenvalue weighted by molar-refractivity contribution is 8.00. The van der Waals surface area contributed by atoms with Crippen LogP contribution in [0.1, 0.15) is 6.92 Å². The minimum Gasteiger partial charge on any atom is -0.495 e. The zero-order valence-electron chi connectivity index (χ0n) is 13.4. The minimum absolute atomic E-state index is 0.112. The predicted molar refractivity (Wildman–Crippen MR) is 96.5 cm³/mol. The molecule has 0 saturated carbocycles. The largest absolute Gasteiger partial charge is 0.495 e. The number of hydrogen-bond donors (Lipinski definition) is 1. The molecule has 2 aromatic carbocycles. The van der Waals surface area contributed by atoms with Crippen molar-refractivity contribution in [2.75, 3.05) is 12.4 Å². The maximum Gasteiger partial charge on any atom is 0.237 e. The number of carbonyl (C=O) groups is 1. The van der Waals surface area contributed by atoms with Crippen LogP contribution in [0.5, 0.6) is 5.75 Å². The molecule has 0 bridgehead atoms. The molecule has 0 spiro atoms. The first kappa shape index (κ1) is 16.3. The van der Waals surface area contributed by atoms with Gasteiger partial charge in [0.15, 0.2) is 0 Å². The van der Waals surface area contributed by atoms with Crippen molar-refractivity contribution in [2.45, 2.75) is 17.2 Å². The third-order valence-corrected chi connectivity index (χ3v) is 4.65. The molecular formula is C18H17N3O2S. The molecule has 0 aliphatic carbocycles. The van der Waals surface area contributed by atoms with Gasteiger partial charge in [-0.1, -0.05) is 48.2 Å². The molecule has 1 atom stereocenters. The van der Waals surface area contributed by atoms with Crippen molar-refractivity contribution in [1.82, 2.24) is 10.2 Å². The van der Waals surface area contributed by atoms with E-state index in [2.05, 4.69) is 15.5 Å². The summed E-state index contributed by atoms with van der Waals surface area (Å²) in [5.41, 5.74) is 0.654. The number of methoxy groups -OCH3 is 1. The molecule has 3 aromatic rings. The van der Waals surface area contributed by atoms with Crippen molar-refractivity contribution < 1.29 is 9.53 Å². The first-order valence-electron chi connectivity index (χ1n) is 7.50. The van der Waals surface area contributed by atoms with Gasteiger partial charge in [0.2, 0.25) is 5.91 Å². The number of carbonyl (C=O) groups excluding carboxylic acids is 1. The Hall–Kier alpha value is -2.60. The third kappa shape index (κ3) is 3.49. The summed E-state index contributed by atoms with van der Waals surface area (Å²) in [6, 6.07) is 15.2. The second-order valence-electron chi connectivity index (χ2n) is 5.19. The lowest BCUT2D eigenvalue weighted by Crippen LogP contribution is -2.22. The fourth-order valence-corrected chi connectivity index (χ4v) is 3.20. The van der Waals surface area contributed by atoms with Gasteiger partial charge < -0.3 is 10.1 Å². The average molecular weight is 339 g/mol. The van der Waals surface area contributed by atoms with Gasteiger partial charge in [0.25, 0.3) is 0 Å². The normalized spacial score (nSPS) is 11.9. The van der Waals surface area contributed by atoms with E-state index >= 15 is 0 Å². The fraction of sp³-hybridized carbons (Fsp3) is 0.167. The van der Waals surface area contributed by atoms with Crippen molar-refractivity contribution in [1.29, 1.82) is 0 Å². The molecular weight excluding hydrogens is 322 g/mol. The molecule has 3 rings (SSSR count). The van der Waals surface area contributed by atoms with E-state index in [0.29, 0.717) is 11.4 Å². The van der Waals surface area contributed by atoms with Crippen molar-refractivity contribution in [2.24, 2.45) is 0 Å². The summed E-state index contributed by atoms with van der Waals surface area (Å²) in [4.78, 5) is 12.5. The molecule has 1 N–H and O–H groups in total. The Morgan fingerprint density at radius 2 is 1.92 bits per heavy atom. The molecule has 0 saturated heterocycles. The fourth-order valence-electron chi connectivity index (χ4n) is 2.29. The monoisotopic (exact) mass is 339 g/mol. The Labute approximate surface area is 144 Å². The van der Waals surface area contributed by atoms with Crippen LogP contribution in [0.15, 0.2) is 59.8 Å². The molecule has 6 heteroatoms. The van der Waals surface area contributed by atoms with Crippen LogP contribution in [-0.4, -0.2) is 28.5 Å². The Balaban J connectivity index is 1.76. The summed E-state index contributed by atoms with van der Waals surface area (Å²) in [5.74, 6) is 0.521. The number of aromatic nitrogens is 2. The first-order chi connectivity index (χ1) is 11.7. The van der Waals surface area contributed by atoms with Gasteiger partial charge in [-0.25, -0.2) is 0 Å². The number of nitrogens with one attached hydrogen (secondary N) is 1. The SMILES string of the molecule is COc1ccccc1NC(=O)[C@H](C)Sc1nncc2ccccc12. The number of fused-ring (bicyclic) bond motifs is 1. The van der Waals surface area contributed by atoms with Crippen molar-refractivity contribution >= 4 is 34.1 Å². The van der Waals surface area contributed by atoms with Crippen LogP contribution in [0.3, 0.4) is 0 Å². The van der Waals surface area contributed by atoms with Gasteiger partial charge in [0.1, 0.15) is 10.8 Å². The highest BCUT2D eigenvalue weighted by Crippen LogP contribution is 2.29. The molecule has 122 valence electrons. The Morgan fingerprint density at radius 1 is 1.17 bits per heavy atom. The predicted octanol–water partition coefficient (Wildman–Crippen LogP) is 3.76. The van der Waals surface area contributed by atoms with Gasteiger partial charge in [-0.2, -0.15) is 5.10 Å². The number of para-hydroxylation sites is 2. The molecule has 1 heterocycles. The third-order valence-electron chi connectivity index (χ3n) is 3.56. The average Bonchev–Trinajstić information content (AvgIpc) is 2.62. The van der Waals surface area contributed by atoms with Crippen LogP contribution in [0.2, 0.25) is 0 Å². The van der Waals surface area contributed by atoms with Crippen molar-refractivity contribution in [3.63, 3.8) is 0 Å². The quantitative estimate of drug-likeness (QED) is 0.717. The Morgan fingerprint density at radius 3 is 2.75 bits per heavy atom. The number of benzene rings is 2. The lowest BCUT2D eigenvalue weighted by molar-refractivity contribution is -0.115. The molecule has 5 nitrogen and oxygen atoms in total. The van der Waals surface area contributed by atoms with E-state index in [1.54, 1.807) is 13.3 Å². The molecule has 0 radical (unpaired) electrons. The number of hydrogen-bond acceptors (Lipinski definition) is 5. The van der Waals surface area contributed by atoms with E-state index < -0.39 is 0 Å². The van der Waals surface area contributed by atoms with Gasteiger partial charge in [-0.15, -0.1) is 5.10 Å². The number of thioether (sulfide) groups is 1. The van der Waals surface area contributed by atoms with E-state index in [0.717, 1.165) is 15.8 Å². The van der Waals surface area contributed by atoms with Crippen LogP contribution < -0.4 is 10.1 Å². The minimum atomic E-state index is -0.324. The smallest absolute Gasteiger partial charge is 0.237 e. The van der Waals surface area contributed by atoms with Gasteiger partial charge >= 0.3 is 0 Å². The Bertz CT molecular complexity index is 864. The maximum absolute atomic E-state index is 12.5. The number of ether oxygens (including phenoxy) is 1. The molecule has 0 fully saturated rings. The number of amides is 1. The van der Waals surface area contributed by atoms with E-state index in [-0.39, 0.29) is 11.2 Å². The lowest BCUT2D eigenvalue weighted by Gasteiger charge is -2.14. The van der Waals surface area contributed by atoms with Crippen LogP contribution >= 0.6 is 11.8 Å². The summed E-state index contributed by atoms with van der Waals surface area (Å²) in [6.45, 7) is 1.85. The van der Waals surface area contributed by atoms with Crippen LogP contribution in [-0.2, 0) is 4.79 Å². The summed E-state index contributed by atoms with van der Waals surface area (Å²) in [6.07, 6.45) is 1.72. The lowest BCUT2D eigenvalue weighted by atomic mass is 10.2. The van der Waals surface area contributed by atoms with Gasteiger partial charge in [-0.05, 0) is 19.1 Å². The molecule has 1 amide bonds. The number of rotatable bonds is 5. The second kappa shape index (κ2) is 7.31. The summed E-state index contributed by atoms with van der Waals surface area (Å²) in [7, 11) is 1.58. The van der Waals surface area contributed by atoms with Crippen LogP contribution in [0, 0.1) is 0 Å². The van der Waals surface area contributed by atoms with Crippen molar-refractivity contribution in [3.05, 3.63) is 54.7 Å². The Kier molecular flexibility index (Phi) is 4.96. The van der Waals surface area contributed by atoms with Crippen LogP contribution in [0.25, 0.3) is 10.8 Å². The zero-order valence-corrected chi connectivity index (χ0v) is 14.2. The highest BCUT2D eigenvalue weighted by atomic mass is 32.2.